The summed E-state index contributed by atoms with van der Waals surface area (Å²) in [5.74, 6) is -3.63. The van der Waals surface area contributed by atoms with Crippen LogP contribution in [-0.4, -0.2) is 4.98 Å². The Kier molecular flexibility index (Phi) is 7.73. The normalized spacial score (nSPS) is 14.1. The van der Waals surface area contributed by atoms with Gasteiger partial charge in [0, 0.05) is 40.1 Å². The first kappa shape index (κ1) is 31.7. The van der Waals surface area contributed by atoms with Crippen molar-refractivity contribution in [2.75, 3.05) is 0 Å². The maximum atomic E-state index is 15.6. The number of rotatable bonds is 2. The van der Waals surface area contributed by atoms with Gasteiger partial charge in [-0.2, -0.15) is 25.4 Å². The van der Waals surface area contributed by atoms with Gasteiger partial charge in [0.25, 0.3) is 11.4 Å². The lowest BCUT2D eigenvalue weighted by atomic mass is 9.83. The average Bonchev–Trinajstić information content (AvgIpc) is 3.62. The molecule has 1 heterocycles. The van der Waals surface area contributed by atoms with Gasteiger partial charge in [0.2, 0.25) is 17.3 Å². The van der Waals surface area contributed by atoms with Crippen LogP contribution in [0, 0.1) is 112 Å². The molecule has 3 aromatic rings. The largest absolute Gasteiger partial charge is 0.270 e. The fourth-order valence-electron chi connectivity index (χ4n) is 5.75. The third-order valence-corrected chi connectivity index (χ3v) is 7.52. The van der Waals surface area contributed by atoms with Crippen molar-refractivity contribution in [3.63, 3.8) is 0 Å². The summed E-state index contributed by atoms with van der Waals surface area (Å²) in [5.41, 5.74) is -9.84. The molecule has 2 aromatic carbocycles. The molecule has 11 nitrogen and oxygen atoms in total. The zero-order chi connectivity index (χ0) is 35.7. The van der Waals surface area contributed by atoms with Crippen molar-refractivity contribution in [3.05, 3.63) is 149 Å². The van der Waals surface area contributed by atoms with Crippen LogP contribution in [0.15, 0.2) is 35.8 Å². The van der Waals surface area contributed by atoms with Gasteiger partial charge < -0.3 is 0 Å². The van der Waals surface area contributed by atoms with Gasteiger partial charge in [0.15, 0.2) is 0 Å². The minimum absolute atomic E-state index is 0.328. The van der Waals surface area contributed by atoms with Crippen molar-refractivity contribution in [1.29, 1.82) is 31.6 Å². The molecule has 0 amide bonds. The van der Waals surface area contributed by atoms with E-state index in [0.717, 1.165) is 12.3 Å². The third kappa shape index (κ3) is 4.32. The second kappa shape index (κ2) is 12.0. The second-order valence-electron chi connectivity index (χ2n) is 9.62. The van der Waals surface area contributed by atoms with E-state index in [2.05, 4.69) is 24.4 Å². The summed E-state index contributed by atoms with van der Waals surface area (Å²) in [6, 6.07) is 12.3. The van der Waals surface area contributed by atoms with Gasteiger partial charge in [-0.3, -0.25) is 0 Å². The van der Waals surface area contributed by atoms with Crippen molar-refractivity contribution in [2.24, 2.45) is 0 Å². The van der Waals surface area contributed by atoms with Crippen LogP contribution in [-0.2, 0) is 0 Å². The first-order valence-corrected chi connectivity index (χ1v) is 12.9. The SMILES string of the molecule is [C-]#[N+]C1=C(c2cc(F)c([N+]#[C-])cc2F)/C(=C(/C#N)[N+]#[C-])c2c(C#N)c3c(c(C#N)c21)/C(=C(/C#N)[N+]#[C-])C(c1cc(F)ncc1C#N)=C3C#N. The fraction of sp³-hybridized carbons (Fsp3) is 0. The molecule has 0 spiro atoms. The number of nitriles is 6. The van der Waals surface area contributed by atoms with Crippen LogP contribution in [0.5, 0.6) is 0 Å². The predicted octanol–water partition coefficient (Wildman–Crippen LogP) is 7.22. The molecule has 0 saturated heterocycles. The van der Waals surface area contributed by atoms with E-state index < -0.39 is 107 Å². The summed E-state index contributed by atoms with van der Waals surface area (Å²) < 4.78 is 45.1. The number of pyridine rings is 1. The Balaban J connectivity index is 2.15. The molecule has 0 bridgehead atoms. The number of hydrogen-bond donors (Lipinski definition) is 0. The van der Waals surface area contributed by atoms with Crippen LogP contribution < -0.4 is 0 Å². The lowest BCUT2D eigenvalue weighted by Gasteiger charge is -2.17. The quantitative estimate of drug-likeness (QED) is 0.162. The molecule has 0 saturated carbocycles. The molecule has 5 rings (SSSR count). The van der Waals surface area contributed by atoms with E-state index in [1.807, 2.05) is 18.2 Å². The number of halogens is 3. The predicted molar refractivity (Wildman–Crippen MR) is 162 cm³/mol. The molecular formula is C35H4F3N11. The highest BCUT2D eigenvalue weighted by Crippen LogP contribution is 2.59. The van der Waals surface area contributed by atoms with Crippen LogP contribution in [0.4, 0.5) is 18.9 Å². The first-order valence-electron chi connectivity index (χ1n) is 12.9. The topological polar surface area (TPSA) is 173 Å². The highest BCUT2D eigenvalue weighted by molar-refractivity contribution is 6.31. The van der Waals surface area contributed by atoms with Crippen molar-refractivity contribution < 1.29 is 13.2 Å². The minimum atomic E-state index is -1.26. The summed E-state index contributed by atoms with van der Waals surface area (Å²) in [6.45, 7) is 30.5. The van der Waals surface area contributed by atoms with E-state index in [1.165, 1.54) is 0 Å². The highest BCUT2D eigenvalue weighted by atomic mass is 19.1. The Morgan fingerprint density at radius 1 is 0.633 bits per heavy atom. The van der Waals surface area contributed by atoms with Gasteiger partial charge >= 0.3 is 0 Å². The summed E-state index contributed by atoms with van der Waals surface area (Å²) in [4.78, 5) is 16.1. The molecule has 220 valence electrons. The zero-order valence-corrected chi connectivity index (χ0v) is 23.9. The molecule has 0 N–H and O–H groups in total. The highest BCUT2D eigenvalue weighted by Gasteiger charge is 2.44. The zero-order valence-electron chi connectivity index (χ0n) is 23.9. The molecule has 14 heteroatoms. The maximum Gasteiger partial charge on any atom is 0.270 e. The monoisotopic (exact) mass is 635 g/mol. The number of nitrogens with zero attached hydrogens (tertiary/aromatic N) is 11. The van der Waals surface area contributed by atoms with Crippen LogP contribution in [0.2, 0.25) is 0 Å². The molecule has 0 aliphatic heterocycles. The molecule has 0 radical (unpaired) electrons. The van der Waals surface area contributed by atoms with Gasteiger partial charge in [0.1, 0.15) is 29.8 Å². The van der Waals surface area contributed by atoms with E-state index >= 15 is 4.39 Å². The fourth-order valence-corrected chi connectivity index (χ4v) is 5.75. The summed E-state index contributed by atoms with van der Waals surface area (Å²) in [5, 5.41) is 61.6. The van der Waals surface area contributed by atoms with Gasteiger partial charge in [0.05, 0.1) is 66.8 Å². The summed E-state index contributed by atoms with van der Waals surface area (Å²) in [6.07, 6.45) is 0.822. The van der Waals surface area contributed by atoms with Crippen molar-refractivity contribution in [3.8, 4) is 36.4 Å². The van der Waals surface area contributed by atoms with Crippen LogP contribution in [0.3, 0.4) is 0 Å². The summed E-state index contributed by atoms with van der Waals surface area (Å²) >= 11 is 0. The molecule has 2 aliphatic rings. The molecule has 0 atom stereocenters. The van der Waals surface area contributed by atoms with E-state index in [-0.39, 0.29) is 11.1 Å². The smallest absolute Gasteiger partial charge is 0.237 e. The number of hydrogen-bond acceptors (Lipinski definition) is 7. The molecule has 49 heavy (non-hydrogen) atoms. The van der Waals surface area contributed by atoms with Crippen LogP contribution in [0.25, 0.3) is 52.9 Å². The van der Waals surface area contributed by atoms with Crippen molar-refractivity contribution >= 4 is 39.2 Å². The average molecular weight is 635 g/mol. The first-order chi connectivity index (χ1) is 23.7. The van der Waals surface area contributed by atoms with Gasteiger partial charge in [-0.25, -0.2) is 43.7 Å². The lowest BCUT2D eigenvalue weighted by molar-refractivity contribution is 0.583. The molecule has 0 unspecified atom stereocenters. The Morgan fingerprint density at radius 2 is 1.22 bits per heavy atom. The molecule has 0 fully saturated rings. The van der Waals surface area contributed by atoms with Gasteiger partial charge in [-0.15, -0.1) is 0 Å². The Bertz CT molecular complexity index is 2710. The Morgan fingerprint density at radius 3 is 1.73 bits per heavy atom. The number of benzene rings is 2. The second-order valence-corrected chi connectivity index (χ2v) is 9.62. The van der Waals surface area contributed by atoms with Gasteiger partial charge in [-0.1, -0.05) is 0 Å². The van der Waals surface area contributed by atoms with Crippen LogP contribution >= 0.6 is 0 Å². The van der Waals surface area contributed by atoms with Crippen LogP contribution in [0.1, 0.15) is 50.1 Å². The standard InChI is InChI=1S/C35H4F3N11/c1-45-23-7-21(36)17(5-22(23)37)31-34(25(13-44)47-3)30-19(10-41)28-18(9-40)27(16-6-26(38)49-14-15(16)8-39)33(24(12-43)46-2)29(28)20(11-42)32(30)35(31)48-4/h5-7,14H/b33-24-,34-25-. The minimum Gasteiger partial charge on any atom is -0.237 e. The van der Waals surface area contributed by atoms with E-state index in [4.69, 9.17) is 26.3 Å². The lowest BCUT2D eigenvalue weighted by Crippen LogP contribution is -2.04. The van der Waals surface area contributed by atoms with E-state index in [9.17, 15) is 40.4 Å². The number of allylic oxidation sites excluding steroid dienone is 7. The molecular weight excluding hydrogens is 631 g/mol. The molecule has 2 aliphatic carbocycles. The number of aromatic nitrogens is 1. The maximum absolute atomic E-state index is 15.6. The molecule has 1 aromatic heterocycles. The number of fused-ring (bicyclic) bond motifs is 2. The van der Waals surface area contributed by atoms with Crippen molar-refractivity contribution in [1.82, 2.24) is 4.98 Å². The summed E-state index contributed by atoms with van der Waals surface area (Å²) in [7, 11) is 0. The van der Waals surface area contributed by atoms with Crippen molar-refractivity contribution in [2.45, 2.75) is 0 Å². The Hall–Kier alpha value is -8.76. The van der Waals surface area contributed by atoms with Gasteiger partial charge in [-0.05, 0) is 40.0 Å². The third-order valence-electron chi connectivity index (χ3n) is 7.52. The van der Waals surface area contributed by atoms with E-state index in [1.54, 1.807) is 18.2 Å². The Labute approximate surface area is 274 Å². The van der Waals surface area contributed by atoms with E-state index in [0.29, 0.717) is 12.1 Å².